The van der Waals surface area contributed by atoms with E-state index in [1.165, 1.54) is 14.2 Å². The molecule has 6 rings (SSSR count). The van der Waals surface area contributed by atoms with E-state index in [-0.39, 0.29) is 23.7 Å². The lowest BCUT2D eigenvalue weighted by Gasteiger charge is -2.46. The number of rotatable bonds is 2. The third kappa shape index (κ3) is 0.928. The van der Waals surface area contributed by atoms with Gasteiger partial charge in [0.15, 0.2) is 0 Å². The number of methoxy groups -OCH3 is 2. The second-order valence-corrected chi connectivity index (χ2v) is 7.36. The van der Waals surface area contributed by atoms with Gasteiger partial charge in [-0.15, -0.1) is 0 Å². The lowest BCUT2D eigenvalue weighted by Crippen LogP contribution is -2.58. The van der Waals surface area contributed by atoms with Crippen LogP contribution in [0.3, 0.4) is 0 Å². The Hall–Kier alpha value is -1.92. The molecule has 7 heteroatoms. The van der Waals surface area contributed by atoms with E-state index in [0.717, 1.165) is 12.8 Å². The summed E-state index contributed by atoms with van der Waals surface area (Å²) in [6.07, 6.45) is 1.54. The molecule has 0 aromatic rings. The minimum absolute atomic E-state index is 0.0278. The molecule has 1 heterocycles. The molecule has 1 saturated heterocycles. The molecule has 122 valence electrons. The highest BCUT2D eigenvalue weighted by molar-refractivity contribution is 6.07. The second kappa shape index (κ2) is 3.60. The molecule has 8 atom stereocenters. The van der Waals surface area contributed by atoms with Gasteiger partial charge in [-0.25, -0.2) is 0 Å². The van der Waals surface area contributed by atoms with Crippen LogP contribution in [0.15, 0.2) is 0 Å². The molecule has 1 aliphatic heterocycles. The van der Waals surface area contributed by atoms with E-state index >= 15 is 0 Å². The number of carbonyl (C=O) groups is 4. The molecule has 0 amide bonds. The quantitative estimate of drug-likeness (QED) is 0.399. The number of cyclic esters (lactones) is 2. The Morgan fingerprint density at radius 3 is 1.74 bits per heavy atom. The average Bonchev–Trinajstić information content (AvgIpc) is 3.25. The maximum absolute atomic E-state index is 12.9. The van der Waals surface area contributed by atoms with Gasteiger partial charge in [0.1, 0.15) is 10.8 Å². The standard InChI is InChI=1S/C16H16O7/c1-21-13(19)15-5-3-4-6-7(5)8-9(15)11(17)23-12(18)10(8)16(6,15)14(20)22-2/h5-10H,3-4H2,1-2H3/t5-,6+,7?,8?,9-,10+,15-,16+. The first-order valence-corrected chi connectivity index (χ1v) is 7.91. The number of ether oxygens (including phenoxy) is 3. The summed E-state index contributed by atoms with van der Waals surface area (Å²) in [4.78, 5) is 50.7. The van der Waals surface area contributed by atoms with Crippen LogP contribution in [0.2, 0.25) is 0 Å². The predicted molar refractivity (Wildman–Crippen MR) is 70.2 cm³/mol. The van der Waals surface area contributed by atoms with Gasteiger partial charge in [0.25, 0.3) is 0 Å². The summed E-state index contributed by atoms with van der Waals surface area (Å²) in [5.74, 6) is -4.50. The van der Waals surface area contributed by atoms with Crippen LogP contribution in [0, 0.1) is 46.3 Å². The van der Waals surface area contributed by atoms with Crippen molar-refractivity contribution in [2.45, 2.75) is 12.8 Å². The van der Waals surface area contributed by atoms with Gasteiger partial charge in [0, 0.05) is 0 Å². The number of esters is 4. The van der Waals surface area contributed by atoms with Crippen molar-refractivity contribution in [2.24, 2.45) is 46.3 Å². The van der Waals surface area contributed by atoms with Crippen LogP contribution in [0.25, 0.3) is 0 Å². The van der Waals surface area contributed by atoms with Crippen molar-refractivity contribution in [3.63, 3.8) is 0 Å². The van der Waals surface area contributed by atoms with E-state index in [9.17, 15) is 19.2 Å². The van der Waals surface area contributed by atoms with Crippen molar-refractivity contribution >= 4 is 23.9 Å². The zero-order valence-electron chi connectivity index (χ0n) is 12.7. The Kier molecular flexibility index (Phi) is 2.11. The highest BCUT2D eigenvalue weighted by Crippen LogP contribution is 2.90. The first-order chi connectivity index (χ1) is 11.0. The molecule has 2 unspecified atom stereocenters. The molecule has 5 saturated carbocycles. The summed E-state index contributed by atoms with van der Waals surface area (Å²) in [6.45, 7) is 0. The Bertz CT molecular complexity index is 643. The van der Waals surface area contributed by atoms with E-state index in [1.807, 2.05) is 0 Å². The smallest absolute Gasteiger partial charge is 0.318 e. The summed E-state index contributed by atoms with van der Waals surface area (Å²) in [5, 5.41) is 0. The SMILES string of the molecule is COC(=O)[C@@]12[C@@H]3C(=O)OC(=O)[C@H]4C3C3[C@@H](CC[C@@H]31)[C@]42C(=O)OC. The molecule has 5 aliphatic carbocycles. The molecule has 7 nitrogen and oxygen atoms in total. The van der Waals surface area contributed by atoms with Crippen LogP contribution in [-0.4, -0.2) is 38.1 Å². The van der Waals surface area contributed by atoms with Crippen molar-refractivity contribution in [1.29, 1.82) is 0 Å². The Morgan fingerprint density at radius 1 is 0.913 bits per heavy atom. The van der Waals surface area contributed by atoms with E-state index in [0.29, 0.717) is 0 Å². The van der Waals surface area contributed by atoms with Crippen LogP contribution in [-0.2, 0) is 33.4 Å². The molecule has 0 aromatic carbocycles. The topological polar surface area (TPSA) is 96.0 Å². The van der Waals surface area contributed by atoms with Crippen LogP contribution in [0.1, 0.15) is 12.8 Å². The van der Waals surface area contributed by atoms with Crippen LogP contribution >= 0.6 is 0 Å². The van der Waals surface area contributed by atoms with E-state index in [4.69, 9.17) is 14.2 Å². The van der Waals surface area contributed by atoms with Gasteiger partial charge in [-0.05, 0) is 36.5 Å². The molecular formula is C16H16O7. The molecule has 0 N–H and O–H groups in total. The van der Waals surface area contributed by atoms with Gasteiger partial charge in [-0.1, -0.05) is 0 Å². The fourth-order valence-electron chi connectivity index (χ4n) is 7.60. The molecule has 23 heavy (non-hydrogen) atoms. The number of hydrogen-bond acceptors (Lipinski definition) is 7. The van der Waals surface area contributed by atoms with Crippen molar-refractivity contribution in [3.05, 3.63) is 0 Å². The minimum Gasteiger partial charge on any atom is -0.469 e. The fourth-order valence-corrected chi connectivity index (χ4v) is 7.60. The number of carbonyl (C=O) groups excluding carboxylic acids is 4. The lowest BCUT2D eigenvalue weighted by atomic mass is 9.53. The average molecular weight is 320 g/mol. The molecular weight excluding hydrogens is 304 g/mol. The molecule has 6 aliphatic rings. The van der Waals surface area contributed by atoms with Crippen molar-refractivity contribution in [1.82, 2.24) is 0 Å². The van der Waals surface area contributed by atoms with E-state index in [2.05, 4.69) is 0 Å². The zero-order chi connectivity index (χ0) is 16.3. The summed E-state index contributed by atoms with van der Waals surface area (Å²) in [6, 6.07) is 0. The summed E-state index contributed by atoms with van der Waals surface area (Å²) in [7, 11) is 2.52. The van der Waals surface area contributed by atoms with Crippen molar-refractivity contribution in [2.75, 3.05) is 14.2 Å². The number of hydrogen-bond donors (Lipinski definition) is 0. The first kappa shape index (κ1) is 13.5. The van der Waals surface area contributed by atoms with Gasteiger partial charge < -0.3 is 14.2 Å². The Labute approximate surface area is 131 Å². The van der Waals surface area contributed by atoms with Crippen molar-refractivity contribution in [3.8, 4) is 0 Å². The maximum Gasteiger partial charge on any atom is 0.318 e. The second-order valence-electron chi connectivity index (χ2n) is 7.36. The van der Waals surface area contributed by atoms with Gasteiger partial charge in [-0.2, -0.15) is 0 Å². The van der Waals surface area contributed by atoms with Gasteiger partial charge >= 0.3 is 23.9 Å². The maximum atomic E-state index is 12.9. The van der Waals surface area contributed by atoms with Gasteiger partial charge in [0.05, 0.1) is 26.1 Å². The van der Waals surface area contributed by atoms with Crippen LogP contribution in [0.5, 0.6) is 0 Å². The highest BCUT2D eigenvalue weighted by atomic mass is 16.6. The molecule has 0 spiro atoms. The summed E-state index contributed by atoms with van der Waals surface area (Å²) < 4.78 is 15.0. The third-order valence-electron chi connectivity index (χ3n) is 7.52. The first-order valence-electron chi connectivity index (χ1n) is 7.91. The Morgan fingerprint density at radius 2 is 1.35 bits per heavy atom. The highest BCUT2D eigenvalue weighted by Gasteiger charge is 2.98. The van der Waals surface area contributed by atoms with Crippen molar-refractivity contribution < 1.29 is 33.4 Å². The molecule has 0 radical (unpaired) electrons. The summed E-state index contributed by atoms with van der Waals surface area (Å²) >= 11 is 0. The van der Waals surface area contributed by atoms with Gasteiger partial charge in [-0.3, -0.25) is 19.2 Å². The molecule has 8 bridgehead atoms. The zero-order valence-corrected chi connectivity index (χ0v) is 12.7. The normalized spacial score (nSPS) is 53.7. The largest absolute Gasteiger partial charge is 0.469 e. The minimum atomic E-state index is -1.29. The van der Waals surface area contributed by atoms with E-state index < -0.39 is 46.5 Å². The van der Waals surface area contributed by atoms with Crippen LogP contribution < -0.4 is 0 Å². The van der Waals surface area contributed by atoms with Crippen LogP contribution in [0.4, 0.5) is 0 Å². The predicted octanol–water partition coefficient (Wildman–Crippen LogP) is -0.0796. The lowest BCUT2D eigenvalue weighted by molar-refractivity contribution is -0.188. The monoisotopic (exact) mass is 320 g/mol. The third-order valence-corrected chi connectivity index (χ3v) is 7.52. The fraction of sp³-hybridized carbons (Fsp3) is 0.750. The van der Waals surface area contributed by atoms with E-state index in [1.54, 1.807) is 0 Å². The Balaban J connectivity index is 1.87. The van der Waals surface area contributed by atoms with Gasteiger partial charge in [0.2, 0.25) is 0 Å². The summed E-state index contributed by atoms with van der Waals surface area (Å²) in [5.41, 5.74) is -2.58. The molecule has 0 aromatic heterocycles. The molecule has 6 fully saturated rings.